The molecule has 0 aromatic carbocycles. The fraction of sp³-hybridized carbons (Fsp3) is 0.955. The SMILES string of the molecule is CCCCN1CC(F)CN(CC)C1C(C(=O)NC1CNCC(Cl)C1N1CCC(O)C1)C(N)N. The highest BCUT2D eigenvalue weighted by molar-refractivity contribution is 6.21. The molecule has 0 aromatic heterocycles. The van der Waals surface area contributed by atoms with Crippen LogP contribution in [0, 0.1) is 5.92 Å². The molecule has 3 fully saturated rings. The van der Waals surface area contributed by atoms with Gasteiger partial charge in [-0.25, -0.2) is 4.39 Å². The van der Waals surface area contributed by atoms with E-state index in [0.29, 0.717) is 39.1 Å². The quantitative estimate of drug-likeness (QED) is 0.207. The number of nitrogens with two attached hydrogens (primary N) is 2. The number of carbonyl (C=O) groups excluding carboxylic acids is 1. The Kier molecular flexibility index (Phi) is 10.1. The minimum Gasteiger partial charge on any atom is -0.392 e. The van der Waals surface area contributed by atoms with Gasteiger partial charge in [0.1, 0.15) is 6.17 Å². The maximum absolute atomic E-state index is 14.5. The van der Waals surface area contributed by atoms with E-state index in [0.717, 1.165) is 19.4 Å². The van der Waals surface area contributed by atoms with Crippen molar-refractivity contribution >= 4 is 17.5 Å². The predicted octanol–water partition coefficient (Wildman–Crippen LogP) is -0.921. The molecule has 7 unspecified atom stereocenters. The van der Waals surface area contributed by atoms with Crippen molar-refractivity contribution in [1.29, 1.82) is 0 Å². The molecule has 0 bridgehead atoms. The van der Waals surface area contributed by atoms with Crippen LogP contribution in [0.4, 0.5) is 4.39 Å². The van der Waals surface area contributed by atoms with Gasteiger partial charge in [-0.05, 0) is 25.9 Å². The van der Waals surface area contributed by atoms with Crippen LogP contribution < -0.4 is 22.1 Å². The van der Waals surface area contributed by atoms with Crippen LogP contribution in [0.25, 0.3) is 0 Å². The normalized spacial score (nSPS) is 35.8. The van der Waals surface area contributed by atoms with Gasteiger partial charge in [-0.3, -0.25) is 19.5 Å². The molecule has 3 rings (SSSR count). The van der Waals surface area contributed by atoms with E-state index in [9.17, 15) is 14.3 Å². The number of likely N-dealkylation sites (tertiary alicyclic amines) is 1. The number of piperidine rings is 1. The first-order valence-electron chi connectivity index (χ1n) is 12.5. The summed E-state index contributed by atoms with van der Waals surface area (Å²) >= 11 is 6.68. The number of alkyl halides is 2. The maximum Gasteiger partial charge on any atom is 0.229 e. The first-order valence-corrected chi connectivity index (χ1v) is 12.9. The molecule has 33 heavy (non-hydrogen) atoms. The Morgan fingerprint density at radius 3 is 2.58 bits per heavy atom. The summed E-state index contributed by atoms with van der Waals surface area (Å²) in [5.41, 5.74) is 12.4. The summed E-state index contributed by atoms with van der Waals surface area (Å²) in [4.78, 5) is 19.9. The van der Waals surface area contributed by atoms with Crippen LogP contribution in [-0.2, 0) is 4.79 Å². The molecule has 0 saturated carbocycles. The lowest BCUT2D eigenvalue weighted by atomic mass is 9.93. The van der Waals surface area contributed by atoms with Gasteiger partial charge in [0, 0.05) is 45.3 Å². The van der Waals surface area contributed by atoms with Crippen molar-refractivity contribution in [3.63, 3.8) is 0 Å². The monoisotopic (exact) mass is 491 g/mol. The highest BCUT2D eigenvalue weighted by atomic mass is 35.5. The molecule has 192 valence electrons. The van der Waals surface area contributed by atoms with Gasteiger partial charge >= 0.3 is 0 Å². The smallest absolute Gasteiger partial charge is 0.229 e. The van der Waals surface area contributed by atoms with E-state index in [1.165, 1.54) is 0 Å². The van der Waals surface area contributed by atoms with Crippen LogP contribution in [-0.4, -0.2) is 120 Å². The number of aliphatic hydroxyl groups is 1. The lowest BCUT2D eigenvalue weighted by molar-refractivity contribution is -0.138. The number of hydrogen-bond donors (Lipinski definition) is 5. The molecule has 0 radical (unpaired) electrons. The van der Waals surface area contributed by atoms with E-state index in [-0.39, 0.29) is 48.7 Å². The number of nitrogens with zero attached hydrogens (tertiary/aromatic N) is 3. The minimum absolute atomic E-state index is 0.0938. The van der Waals surface area contributed by atoms with E-state index < -0.39 is 18.3 Å². The van der Waals surface area contributed by atoms with Gasteiger partial charge < -0.3 is 27.2 Å². The molecule has 0 aromatic rings. The molecule has 9 nitrogen and oxygen atoms in total. The minimum atomic E-state index is -0.971. The lowest BCUT2D eigenvalue weighted by Gasteiger charge is -2.49. The third-order valence-electron chi connectivity index (χ3n) is 7.29. The molecule has 11 heteroatoms. The molecule has 1 amide bonds. The summed E-state index contributed by atoms with van der Waals surface area (Å²) in [7, 11) is 0. The Hall–Kier alpha value is -0.590. The van der Waals surface area contributed by atoms with Crippen molar-refractivity contribution < 1.29 is 14.3 Å². The Balaban J connectivity index is 1.80. The van der Waals surface area contributed by atoms with Crippen molar-refractivity contribution in [2.45, 2.75) is 75.2 Å². The van der Waals surface area contributed by atoms with Gasteiger partial charge in [0.05, 0.1) is 35.8 Å². The average molecular weight is 492 g/mol. The first kappa shape index (κ1) is 27.0. The van der Waals surface area contributed by atoms with E-state index in [4.69, 9.17) is 23.1 Å². The summed E-state index contributed by atoms with van der Waals surface area (Å²) < 4.78 is 14.5. The van der Waals surface area contributed by atoms with Gasteiger partial charge in [-0.2, -0.15) is 0 Å². The second-order valence-corrected chi connectivity index (χ2v) is 10.3. The number of hydrogen-bond acceptors (Lipinski definition) is 8. The van der Waals surface area contributed by atoms with Gasteiger partial charge in [0.25, 0.3) is 0 Å². The number of β-amino-alcohol motifs (C(OH)–C–C–N with tert-alkyl or cyclic N) is 1. The highest BCUT2D eigenvalue weighted by Gasteiger charge is 2.46. The van der Waals surface area contributed by atoms with E-state index in [1.807, 2.05) is 16.7 Å². The fourth-order valence-corrected chi connectivity index (χ4v) is 6.13. The molecule has 3 aliphatic heterocycles. The zero-order chi connectivity index (χ0) is 24.1. The van der Waals surface area contributed by atoms with Crippen molar-refractivity contribution in [3.05, 3.63) is 0 Å². The van der Waals surface area contributed by atoms with E-state index >= 15 is 0 Å². The number of carbonyl (C=O) groups is 1. The number of unbranched alkanes of at least 4 members (excludes halogenated alkanes) is 1. The number of halogens is 2. The van der Waals surface area contributed by atoms with Crippen molar-refractivity contribution in [2.75, 3.05) is 52.4 Å². The lowest BCUT2D eigenvalue weighted by Crippen LogP contribution is -2.70. The Morgan fingerprint density at radius 1 is 1.24 bits per heavy atom. The third kappa shape index (κ3) is 6.55. The molecule has 0 aliphatic carbocycles. The van der Waals surface area contributed by atoms with Crippen LogP contribution in [0.3, 0.4) is 0 Å². The molecule has 7 N–H and O–H groups in total. The third-order valence-corrected chi connectivity index (χ3v) is 7.70. The summed E-state index contributed by atoms with van der Waals surface area (Å²) in [6.45, 7) is 8.42. The van der Waals surface area contributed by atoms with E-state index in [1.54, 1.807) is 0 Å². The first-order chi connectivity index (χ1) is 15.8. The summed E-state index contributed by atoms with van der Waals surface area (Å²) in [5.74, 6) is -0.940. The van der Waals surface area contributed by atoms with Gasteiger partial charge in [-0.15, -0.1) is 11.6 Å². The maximum atomic E-state index is 14.5. The molecular weight excluding hydrogens is 449 g/mol. The predicted molar refractivity (Wildman–Crippen MR) is 128 cm³/mol. The molecule has 3 saturated heterocycles. The standard InChI is InChI=1S/C22H43ClFN7O2/c1-3-5-7-31-12-14(24)11-29(4-2)22(31)18(20(25)26)21(33)28-17-10-27-9-16(23)19(17)30-8-6-15(32)13-30/h14-20,22,27,32H,3-13,25-26H2,1-2H3,(H,28,33). The van der Waals surface area contributed by atoms with E-state index in [2.05, 4.69) is 22.5 Å². The summed E-state index contributed by atoms with van der Waals surface area (Å²) in [6.07, 6.45) is 0.00626. The topological polar surface area (TPSA) is 123 Å². The summed E-state index contributed by atoms with van der Waals surface area (Å²) in [5, 5.41) is 16.3. The molecule has 3 heterocycles. The highest BCUT2D eigenvalue weighted by Crippen LogP contribution is 2.27. The van der Waals surface area contributed by atoms with Crippen LogP contribution in [0.2, 0.25) is 0 Å². The van der Waals surface area contributed by atoms with Crippen LogP contribution >= 0.6 is 11.6 Å². The van der Waals surface area contributed by atoms with Gasteiger partial charge in [0.15, 0.2) is 0 Å². The summed E-state index contributed by atoms with van der Waals surface area (Å²) in [6, 6.07) is -0.333. The zero-order valence-electron chi connectivity index (χ0n) is 20.0. The Labute approximate surface area is 202 Å². The van der Waals surface area contributed by atoms with Crippen molar-refractivity contribution in [1.82, 2.24) is 25.3 Å². The number of rotatable bonds is 9. The number of nitrogens with one attached hydrogen (secondary N) is 2. The fourth-order valence-electron chi connectivity index (χ4n) is 5.69. The van der Waals surface area contributed by atoms with Gasteiger partial charge in [0.2, 0.25) is 5.91 Å². The Morgan fingerprint density at radius 2 is 1.97 bits per heavy atom. The zero-order valence-corrected chi connectivity index (χ0v) is 20.8. The van der Waals surface area contributed by atoms with Crippen LogP contribution in [0.5, 0.6) is 0 Å². The Bertz CT molecular complexity index is 634. The van der Waals surface area contributed by atoms with Crippen molar-refractivity contribution in [2.24, 2.45) is 17.4 Å². The number of aliphatic hydroxyl groups excluding tert-OH is 1. The second kappa shape index (κ2) is 12.4. The molecular formula is C22H43ClFN7O2. The molecule has 7 atom stereocenters. The molecule has 0 spiro atoms. The van der Waals surface area contributed by atoms with Crippen molar-refractivity contribution in [3.8, 4) is 0 Å². The largest absolute Gasteiger partial charge is 0.392 e. The average Bonchev–Trinajstić information content (AvgIpc) is 3.18. The molecule has 3 aliphatic rings. The number of amides is 1. The van der Waals surface area contributed by atoms with Crippen LogP contribution in [0.1, 0.15) is 33.1 Å². The van der Waals surface area contributed by atoms with Crippen LogP contribution in [0.15, 0.2) is 0 Å². The second-order valence-electron chi connectivity index (χ2n) is 9.77. The van der Waals surface area contributed by atoms with Gasteiger partial charge in [-0.1, -0.05) is 20.3 Å².